The minimum absolute atomic E-state index is 0.0330. The van der Waals surface area contributed by atoms with E-state index in [0.717, 1.165) is 0 Å². The zero-order chi connectivity index (χ0) is 6.85. The minimum atomic E-state index is -0.792. The zero-order valence-corrected chi connectivity index (χ0v) is 4.77. The maximum absolute atomic E-state index is 8.87. The van der Waals surface area contributed by atoms with Gasteiger partial charge in [-0.1, -0.05) is 5.23 Å². The van der Waals surface area contributed by atoms with Gasteiger partial charge in [-0.15, -0.1) is 0 Å². The molecule has 1 aliphatic heterocycles. The average Bonchev–Trinajstić information content (AvgIpc) is 2.10. The Balaban J connectivity index is 2.38. The molecule has 0 unspecified atom stereocenters. The second-order valence-corrected chi connectivity index (χ2v) is 1.93. The van der Waals surface area contributed by atoms with Gasteiger partial charge in [0.15, 0.2) is 0 Å². The van der Waals surface area contributed by atoms with Crippen LogP contribution in [0.25, 0.3) is 0 Å². The third-order valence-electron chi connectivity index (χ3n) is 1.21. The monoisotopic (exact) mass is 135 g/mol. The Morgan fingerprint density at radius 3 is 2.56 bits per heavy atom. The van der Waals surface area contributed by atoms with E-state index >= 15 is 0 Å². The summed E-state index contributed by atoms with van der Waals surface area (Å²) in [6.07, 6.45) is -1.46. The molecule has 0 aromatic heterocycles. The predicted molar refractivity (Wildman–Crippen MR) is 26.5 cm³/mol. The first-order valence-corrected chi connectivity index (χ1v) is 2.66. The van der Waals surface area contributed by atoms with Crippen molar-refractivity contribution < 1.29 is 20.3 Å². The number of rotatable bonds is 1. The van der Waals surface area contributed by atoms with Gasteiger partial charge in [-0.3, -0.25) is 10.0 Å². The van der Waals surface area contributed by atoms with Crippen LogP contribution in [-0.2, 0) is 4.84 Å². The number of β-amino-alcohol motifs (C(OH)–C–C–N with tert-alkyl or cyclic N) is 1. The molecule has 5 nitrogen and oxygen atoms in total. The van der Waals surface area contributed by atoms with Gasteiger partial charge in [0, 0.05) is 0 Å². The van der Waals surface area contributed by atoms with Crippen LogP contribution in [0.15, 0.2) is 0 Å². The topological polar surface area (TPSA) is 73.2 Å². The molecule has 1 fully saturated rings. The second-order valence-electron chi connectivity index (χ2n) is 1.93. The van der Waals surface area contributed by atoms with Crippen LogP contribution >= 0.6 is 0 Å². The smallest absolute Gasteiger partial charge is 0.132 e. The summed E-state index contributed by atoms with van der Waals surface area (Å²) >= 11 is 0. The average molecular weight is 135 g/mol. The fourth-order valence-corrected chi connectivity index (χ4v) is 0.702. The van der Waals surface area contributed by atoms with E-state index in [1.807, 2.05) is 0 Å². The maximum atomic E-state index is 8.87. The Labute approximate surface area is 52.0 Å². The summed E-state index contributed by atoms with van der Waals surface area (Å²) in [6, 6.07) is 0. The quantitative estimate of drug-likeness (QED) is 0.401. The van der Waals surface area contributed by atoms with Gasteiger partial charge in [0.1, 0.15) is 12.2 Å². The van der Waals surface area contributed by atoms with Gasteiger partial charge in [0.25, 0.3) is 0 Å². The van der Waals surface area contributed by atoms with E-state index in [0.29, 0.717) is 5.23 Å². The zero-order valence-electron chi connectivity index (χ0n) is 4.77. The van der Waals surface area contributed by atoms with Crippen LogP contribution in [0.3, 0.4) is 0 Å². The highest BCUT2D eigenvalue weighted by Gasteiger charge is 2.31. The van der Waals surface area contributed by atoms with Crippen LogP contribution in [0.4, 0.5) is 0 Å². The predicted octanol–water partition coefficient (Wildman–Crippen LogP) is -1.66. The van der Waals surface area contributed by atoms with Gasteiger partial charge in [-0.25, -0.2) is 0 Å². The first kappa shape index (κ1) is 6.91. The van der Waals surface area contributed by atoms with Crippen molar-refractivity contribution in [1.82, 2.24) is 5.23 Å². The largest absolute Gasteiger partial charge is 0.393 e. The molecule has 0 saturated carbocycles. The standard InChI is InChI=1S/C4H9NO4/c6-2-4-3(7)1-5(8)9-4/h3-4,6-8H,1-2H2/t3-,4+/m0/s1. The van der Waals surface area contributed by atoms with E-state index in [1.165, 1.54) is 0 Å². The molecule has 1 heterocycles. The lowest BCUT2D eigenvalue weighted by atomic mass is 10.2. The summed E-state index contributed by atoms with van der Waals surface area (Å²) in [7, 11) is 0. The van der Waals surface area contributed by atoms with Gasteiger partial charge < -0.3 is 10.2 Å². The van der Waals surface area contributed by atoms with Gasteiger partial charge in [-0.2, -0.15) is 0 Å². The first-order valence-electron chi connectivity index (χ1n) is 2.66. The highest BCUT2D eigenvalue weighted by Crippen LogP contribution is 2.10. The summed E-state index contributed by atoms with van der Waals surface area (Å²) in [4.78, 5) is 4.51. The molecule has 0 amide bonds. The Kier molecular flexibility index (Phi) is 1.99. The van der Waals surface area contributed by atoms with Crippen molar-refractivity contribution in [3.63, 3.8) is 0 Å². The van der Waals surface area contributed by atoms with Crippen molar-refractivity contribution in [2.45, 2.75) is 12.2 Å². The van der Waals surface area contributed by atoms with Crippen LogP contribution in [0.1, 0.15) is 0 Å². The normalized spacial score (nSPS) is 37.7. The first-order chi connectivity index (χ1) is 4.24. The molecule has 3 N–H and O–H groups in total. The molecular weight excluding hydrogens is 126 g/mol. The number of aliphatic hydroxyl groups is 2. The maximum Gasteiger partial charge on any atom is 0.132 e. The Morgan fingerprint density at radius 2 is 2.33 bits per heavy atom. The molecule has 1 saturated heterocycles. The molecule has 5 heteroatoms. The Bertz CT molecular complexity index is 98.6. The van der Waals surface area contributed by atoms with Crippen molar-refractivity contribution in [3.05, 3.63) is 0 Å². The number of hydrogen-bond acceptors (Lipinski definition) is 5. The molecule has 0 aromatic carbocycles. The number of aliphatic hydroxyl groups excluding tert-OH is 2. The van der Waals surface area contributed by atoms with E-state index in [2.05, 4.69) is 4.84 Å². The van der Waals surface area contributed by atoms with Crippen molar-refractivity contribution in [2.24, 2.45) is 0 Å². The van der Waals surface area contributed by atoms with Gasteiger partial charge in [-0.05, 0) is 0 Å². The lowest BCUT2D eigenvalue weighted by Gasteiger charge is -2.06. The molecule has 54 valence electrons. The molecule has 0 aliphatic carbocycles. The van der Waals surface area contributed by atoms with E-state index in [9.17, 15) is 0 Å². The van der Waals surface area contributed by atoms with Crippen LogP contribution in [0.2, 0.25) is 0 Å². The van der Waals surface area contributed by atoms with Crippen molar-refractivity contribution in [3.8, 4) is 0 Å². The van der Waals surface area contributed by atoms with E-state index < -0.39 is 12.2 Å². The molecule has 0 spiro atoms. The number of nitrogens with zero attached hydrogens (tertiary/aromatic N) is 1. The summed E-state index contributed by atoms with van der Waals surface area (Å²) in [5, 5.41) is 26.4. The molecule has 1 aliphatic rings. The number of hydrogen-bond donors (Lipinski definition) is 3. The fraction of sp³-hybridized carbons (Fsp3) is 1.00. The second kappa shape index (κ2) is 2.59. The third kappa shape index (κ3) is 1.38. The van der Waals surface area contributed by atoms with E-state index in [-0.39, 0.29) is 13.2 Å². The van der Waals surface area contributed by atoms with Gasteiger partial charge in [0.05, 0.1) is 13.2 Å². The molecular formula is C4H9NO4. The fourth-order valence-electron chi connectivity index (χ4n) is 0.702. The van der Waals surface area contributed by atoms with Gasteiger partial charge in [0.2, 0.25) is 0 Å². The molecule has 2 atom stereocenters. The Morgan fingerprint density at radius 1 is 1.67 bits per heavy atom. The summed E-state index contributed by atoms with van der Waals surface area (Å²) in [5.41, 5.74) is 0. The van der Waals surface area contributed by atoms with Crippen molar-refractivity contribution in [1.29, 1.82) is 0 Å². The Hall–Kier alpha value is -0.200. The third-order valence-corrected chi connectivity index (χ3v) is 1.21. The van der Waals surface area contributed by atoms with Crippen LogP contribution in [-0.4, -0.2) is 46.0 Å². The number of hydroxylamine groups is 2. The summed E-state index contributed by atoms with van der Waals surface area (Å²) in [5.74, 6) is 0. The molecule has 0 bridgehead atoms. The minimum Gasteiger partial charge on any atom is -0.393 e. The molecule has 0 aromatic rings. The van der Waals surface area contributed by atoms with Gasteiger partial charge >= 0.3 is 0 Å². The SMILES string of the molecule is OC[C@H]1ON(O)C[C@@H]1O. The lowest BCUT2D eigenvalue weighted by Crippen LogP contribution is -2.26. The van der Waals surface area contributed by atoms with Crippen LogP contribution < -0.4 is 0 Å². The summed E-state index contributed by atoms with van der Waals surface area (Å²) < 4.78 is 0. The highest BCUT2D eigenvalue weighted by atomic mass is 16.9. The molecule has 0 radical (unpaired) electrons. The van der Waals surface area contributed by atoms with E-state index in [1.54, 1.807) is 0 Å². The van der Waals surface area contributed by atoms with E-state index in [4.69, 9.17) is 15.4 Å². The molecule has 9 heavy (non-hydrogen) atoms. The van der Waals surface area contributed by atoms with Crippen molar-refractivity contribution in [2.75, 3.05) is 13.2 Å². The van der Waals surface area contributed by atoms with Crippen LogP contribution in [0, 0.1) is 0 Å². The van der Waals surface area contributed by atoms with Crippen LogP contribution in [0.5, 0.6) is 0 Å². The molecule has 1 rings (SSSR count). The van der Waals surface area contributed by atoms with Crippen molar-refractivity contribution >= 4 is 0 Å². The highest BCUT2D eigenvalue weighted by molar-refractivity contribution is 4.72. The summed E-state index contributed by atoms with van der Waals surface area (Å²) in [6.45, 7) is -0.247. The lowest BCUT2D eigenvalue weighted by molar-refractivity contribution is -0.327.